The lowest BCUT2D eigenvalue weighted by molar-refractivity contribution is -0.120. The van der Waals surface area contributed by atoms with Gasteiger partial charge in [0.15, 0.2) is 0 Å². The Bertz CT molecular complexity index is 487. The molecule has 1 aromatic rings. The Morgan fingerprint density at radius 1 is 1.43 bits per heavy atom. The molecule has 4 nitrogen and oxygen atoms in total. The summed E-state index contributed by atoms with van der Waals surface area (Å²) in [6.45, 7) is 7.28. The van der Waals surface area contributed by atoms with Crippen LogP contribution >= 0.6 is 0 Å². The Morgan fingerprint density at radius 2 is 2.24 bits per heavy atom. The Kier molecular flexibility index (Phi) is 5.62. The number of rotatable bonds is 7. The number of benzene rings is 1. The topological polar surface area (TPSA) is 44.4 Å². The molecular formula is C17H27N3O. The van der Waals surface area contributed by atoms with Gasteiger partial charge in [-0.05, 0) is 43.5 Å². The number of anilines is 1. The van der Waals surface area contributed by atoms with E-state index in [-0.39, 0.29) is 5.91 Å². The van der Waals surface area contributed by atoms with Gasteiger partial charge in [-0.25, -0.2) is 0 Å². The minimum atomic E-state index is 0.109. The molecule has 1 atom stereocenters. The van der Waals surface area contributed by atoms with Gasteiger partial charge in [-0.3, -0.25) is 4.79 Å². The molecule has 0 radical (unpaired) electrons. The standard InChI is InChI=1S/C17H27N3O/c1-4-9-19-13(2)14-5-6-16-15(12-14)7-10-20(16)11-8-17(21)18-3/h5-6,12-13,19H,4,7-11H2,1-3H3,(H,18,21). The van der Waals surface area contributed by atoms with E-state index in [9.17, 15) is 4.79 Å². The summed E-state index contributed by atoms with van der Waals surface area (Å²) < 4.78 is 0. The summed E-state index contributed by atoms with van der Waals surface area (Å²) in [5.41, 5.74) is 4.07. The van der Waals surface area contributed by atoms with E-state index in [1.54, 1.807) is 7.05 Å². The van der Waals surface area contributed by atoms with E-state index in [4.69, 9.17) is 0 Å². The molecule has 116 valence electrons. The fourth-order valence-electron chi connectivity index (χ4n) is 2.83. The molecular weight excluding hydrogens is 262 g/mol. The third-order valence-corrected chi connectivity index (χ3v) is 4.18. The van der Waals surface area contributed by atoms with Gasteiger partial charge in [0.2, 0.25) is 5.91 Å². The molecule has 2 rings (SSSR count). The average molecular weight is 289 g/mol. The SMILES string of the molecule is CCCNC(C)c1ccc2c(c1)CCN2CCC(=O)NC. The van der Waals surface area contributed by atoms with Crippen LogP contribution in [0.15, 0.2) is 18.2 Å². The first-order chi connectivity index (χ1) is 10.2. The van der Waals surface area contributed by atoms with Crippen LogP contribution in [0.2, 0.25) is 0 Å². The lowest BCUT2D eigenvalue weighted by atomic mass is 10.0. The maximum atomic E-state index is 11.4. The van der Waals surface area contributed by atoms with E-state index in [1.807, 2.05) is 0 Å². The molecule has 0 aromatic heterocycles. The minimum Gasteiger partial charge on any atom is -0.370 e. The summed E-state index contributed by atoms with van der Waals surface area (Å²) in [7, 11) is 1.69. The number of carbonyl (C=O) groups excluding carboxylic acids is 1. The summed E-state index contributed by atoms with van der Waals surface area (Å²) in [5.74, 6) is 0.109. The van der Waals surface area contributed by atoms with E-state index < -0.39 is 0 Å². The third-order valence-electron chi connectivity index (χ3n) is 4.18. The van der Waals surface area contributed by atoms with Crippen LogP contribution in [-0.2, 0) is 11.2 Å². The average Bonchev–Trinajstić information content (AvgIpc) is 2.92. The molecule has 1 aliphatic heterocycles. The number of nitrogens with one attached hydrogen (secondary N) is 2. The van der Waals surface area contributed by atoms with Crippen LogP contribution in [0.4, 0.5) is 5.69 Å². The molecule has 0 bridgehead atoms. The zero-order chi connectivity index (χ0) is 15.2. The van der Waals surface area contributed by atoms with Crippen molar-refractivity contribution in [2.45, 2.75) is 39.2 Å². The second-order valence-electron chi connectivity index (χ2n) is 5.72. The predicted octanol–water partition coefficient (Wildman–Crippen LogP) is 2.25. The molecule has 1 unspecified atom stereocenters. The minimum absolute atomic E-state index is 0.109. The van der Waals surface area contributed by atoms with Crippen molar-refractivity contribution >= 4 is 11.6 Å². The van der Waals surface area contributed by atoms with Crippen molar-refractivity contribution in [3.63, 3.8) is 0 Å². The van der Waals surface area contributed by atoms with Gasteiger partial charge in [0.1, 0.15) is 0 Å². The Labute approximate surface area is 127 Å². The van der Waals surface area contributed by atoms with Crippen LogP contribution in [0.25, 0.3) is 0 Å². The van der Waals surface area contributed by atoms with Crippen LogP contribution in [0, 0.1) is 0 Å². The van der Waals surface area contributed by atoms with E-state index >= 15 is 0 Å². The number of fused-ring (bicyclic) bond motifs is 1. The molecule has 0 saturated carbocycles. The van der Waals surface area contributed by atoms with Crippen molar-refractivity contribution in [2.75, 3.05) is 31.6 Å². The summed E-state index contributed by atoms with van der Waals surface area (Å²) in [6.07, 6.45) is 2.80. The third kappa shape index (κ3) is 3.97. The van der Waals surface area contributed by atoms with Crippen LogP contribution in [0.3, 0.4) is 0 Å². The van der Waals surface area contributed by atoms with Crippen LogP contribution in [0.5, 0.6) is 0 Å². The van der Waals surface area contributed by atoms with Crippen LogP contribution in [0.1, 0.15) is 43.9 Å². The molecule has 21 heavy (non-hydrogen) atoms. The lowest BCUT2D eigenvalue weighted by Crippen LogP contribution is -2.27. The first-order valence-corrected chi connectivity index (χ1v) is 7.97. The van der Waals surface area contributed by atoms with Crippen molar-refractivity contribution in [1.29, 1.82) is 0 Å². The molecule has 1 amide bonds. The van der Waals surface area contributed by atoms with Gasteiger partial charge in [0, 0.05) is 38.3 Å². The fraction of sp³-hybridized carbons (Fsp3) is 0.588. The van der Waals surface area contributed by atoms with E-state index in [0.29, 0.717) is 12.5 Å². The first kappa shape index (κ1) is 15.8. The molecule has 2 N–H and O–H groups in total. The molecule has 4 heteroatoms. The second-order valence-corrected chi connectivity index (χ2v) is 5.72. The van der Waals surface area contributed by atoms with Crippen molar-refractivity contribution in [2.24, 2.45) is 0 Å². The maximum absolute atomic E-state index is 11.4. The highest BCUT2D eigenvalue weighted by molar-refractivity contribution is 5.76. The van der Waals surface area contributed by atoms with Crippen molar-refractivity contribution in [3.05, 3.63) is 29.3 Å². The summed E-state index contributed by atoms with van der Waals surface area (Å²) in [6, 6.07) is 7.15. The highest BCUT2D eigenvalue weighted by Gasteiger charge is 2.20. The van der Waals surface area contributed by atoms with E-state index in [2.05, 4.69) is 47.6 Å². The van der Waals surface area contributed by atoms with Gasteiger partial charge in [0.05, 0.1) is 0 Å². The normalized spacial score (nSPS) is 14.9. The van der Waals surface area contributed by atoms with E-state index in [1.165, 1.54) is 16.8 Å². The largest absolute Gasteiger partial charge is 0.370 e. The summed E-state index contributed by atoms with van der Waals surface area (Å²) in [4.78, 5) is 13.7. The predicted molar refractivity (Wildman–Crippen MR) is 87.8 cm³/mol. The molecule has 0 spiro atoms. The molecule has 1 aromatic carbocycles. The molecule has 0 saturated heterocycles. The van der Waals surface area contributed by atoms with Crippen molar-refractivity contribution < 1.29 is 4.79 Å². The van der Waals surface area contributed by atoms with Gasteiger partial charge in [-0.15, -0.1) is 0 Å². The monoisotopic (exact) mass is 289 g/mol. The smallest absolute Gasteiger partial charge is 0.221 e. The number of hydrogen-bond acceptors (Lipinski definition) is 3. The fourth-order valence-corrected chi connectivity index (χ4v) is 2.83. The highest BCUT2D eigenvalue weighted by atomic mass is 16.1. The highest BCUT2D eigenvalue weighted by Crippen LogP contribution is 2.30. The van der Waals surface area contributed by atoms with Gasteiger partial charge in [-0.2, -0.15) is 0 Å². The zero-order valence-electron chi connectivity index (χ0n) is 13.4. The van der Waals surface area contributed by atoms with Crippen molar-refractivity contribution in [3.8, 4) is 0 Å². The maximum Gasteiger partial charge on any atom is 0.221 e. The Hall–Kier alpha value is -1.55. The zero-order valence-corrected chi connectivity index (χ0v) is 13.4. The summed E-state index contributed by atoms with van der Waals surface area (Å²) in [5, 5.41) is 6.21. The second kappa shape index (κ2) is 7.46. The van der Waals surface area contributed by atoms with Crippen LogP contribution < -0.4 is 15.5 Å². The number of nitrogens with zero attached hydrogens (tertiary/aromatic N) is 1. The van der Waals surface area contributed by atoms with Crippen molar-refractivity contribution in [1.82, 2.24) is 10.6 Å². The first-order valence-electron chi connectivity index (χ1n) is 7.97. The van der Waals surface area contributed by atoms with Gasteiger partial charge < -0.3 is 15.5 Å². The van der Waals surface area contributed by atoms with Crippen LogP contribution in [-0.4, -0.2) is 32.6 Å². The van der Waals surface area contributed by atoms with Gasteiger partial charge in [-0.1, -0.05) is 19.1 Å². The Balaban J connectivity index is 2.00. The molecule has 0 aliphatic carbocycles. The number of carbonyl (C=O) groups is 1. The summed E-state index contributed by atoms with van der Waals surface area (Å²) >= 11 is 0. The molecule has 1 heterocycles. The lowest BCUT2D eigenvalue weighted by Gasteiger charge is -2.20. The molecule has 0 fully saturated rings. The number of hydrogen-bond donors (Lipinski definition) is 2. The van der Waals surface area contributed by atoms with Gasteiger partial charge in [0.25, 0.3) is 0 Å². The number of amides is 1. The quantitative estimate of drug-likeness (QED) is 0.809. The van der Waals surface area contributed by atoms with E-state index in [0.717, 1.165) is 32.5 Å². The molecule has 1 aliphatic rings. The Morgan fingerprint density at radius 3 is 2.95 bits per heavy atom. The van der Waals surface area contributed by atoms with Gasteiger partial charge >= 0.3 is 0 Å².